The van der Waals surface area contributed by atoms with Crippen molar-refractivity contribution in [3.05, 3.63) is 47.0 Å². The number of aromatic nitrogens is 1. The molecule has 1 aromatic heterocycles. The van der Waals surface area contributed by atoms with Crippen molar-refractivity contribution in [3.63, 3.8) is 0 Å². The fourth-order valence-electron chi connectivity index (χ4n) is 3.11. The number of hydrogen-bond donors (Lipinski definition) is 0. The number of carbonyl (C=O) groups is 1. The van der Waals surface area contributed by atoms with Crippen molar-refractivity contribution in [1.82, 2.24) is 4.57 Å². The Hall–Kier alpha value is -2.72. The van der Waals surface area contributed by atoms with E-state index in [0.717, 1.165) is 28.8 Å². The minimum Gasteiger partial charge on any atom is -0.495 e. The van der Waals surface area contributed by atoms with Crippen LogP contribution < -0.4 is 14.3 Å². The Morgan fingerprint density at radius 1 is 1.10 bits per heavy atom. The van der Waals surface area contributed by atoms with E-state index in [-0.39, 0.29) is 11.3 Å². The van der Waals surface area contributed by atoms with Crippen LogP contribution in [0.15, 0.2) is 46.3 Å². The number of ether oxygens (including phenoxy) is 2. The Labute approximate surface area is 183 Å². The monoisotopic (exact) mass is 466 g/mol. The average molecular weight is 467 g/mol. The Kier molecular flexibility index (Phi) is 7.11. The van der Waals surface area contributed by atoms with Gasteiger partial charge >= 0.3 is 0 Å². The van der Waals surface area contributed by atoms with Crippen LogP contribution in [-0.4, -0.2) is 38.9 Å². The standard InChI is InChI=1S/C21H23FN2O5S2/c1-4-12-24-19-16(28-2)9-10-17(29-3)20(19)30-21(24)23-18(25)11-13-31(26,27)15-7-5-14(22)6-8-15/h5-10H,4,11-13H2,1-3H3. The lowest BCUT2D eigenvalue weighted by molar-refractivity contribution is -0.117. The number of rotatable bonds is 8. The number of nitrogens with zero attached hydrogens (tertiary/aromatic N) is 2. The maximum Gasteiger partial charge on any atom is 0.249 e. The zero-order chi connectivity index (χ0) is 22.6. The number of aryl methyl sites for hydroxylation is 1. The lowest BCUT2D eigenvalue weighted by atomic mass is 10.3. The molecule has 0 aliphatic rings. The molecule has 0 N–H and O–H groups in total. The predicted molar refractivity (Wildman–Crippen MR) is 117 cm³/mol. The quantitative estimate of drug-likeness (QED) is 0.474. The van der Waals surface area contributed by atoms with Crippen LogP contribution in [0.25, 0.3) is 10.2 Å². The van der Waals surface area contributed by atoms with Crippen LogP contribution in [0.2, 0.25) is 0 Å². The van der Waals surface area contributed by atoms with Gasteiger partial charge in [0.25, 0.3) is 0 Å². The van der Waals surface area contributed by atoms with E-state index in [2.05, 4.69) is 4.99 Å². The molecule has 0 fully saturated rings. The van der Waals surface area contributed by atoms with Gasteiger partial charge in [0.1, 0.15) is 27.5 Å². The van der Waals surface area contributed by atoms with Crippen molar-refractivity contribution in [3.8, 4) is 11.5 Å². The summed E-state index contributed by atoms with van der Waals surface area (Å²) in [4.78, 5) is 17.1. The zero-order valence-corrected chi connectivity index (χ0v) is 19.1. The second-order valence-corrected chi connectivity index (χ2v) is 9.80. The molecular weight excluding hydrogens is 443 g/mol. The fraction of sp³-hybridized carbons (Fsp3) is 0.333. The van der Waals surface area contributed by atoms with Gasteiger partial charge < -0.3 is 14.0 Å². The van der Waals surface area contributed by atoms with E-state index in [9.17, 15) is 17.6 Å². The van der Waals surface area contributed by atoms with E-state index in [1.165, 1.54) is 23.5 Å². The molecule has 3 rings (SSSR count). The number of sulfone groups is 1. The molecule has 3 aromatic rings. The third kappa shape index (κ3) is 4.96. The highest BCUT2D eigenvalue weighted by molar-refractivity contribution is 7.91. The van der Waals surface area contributed by atoms with Crippen LogP contribution in [-0.2, 0) is 21.2 Å². The summed E-state index contributed by atoms with van der Waals surface area (Å²) < 4.78 is 51.5. The van der Waals surface area contributed by atoms with Crippen molar-refractivity contribution in [1.29, 1.82) is 0 Å². The number of amides is 1. The molecule has 10 heteroatoms. The van der Waals surface area contributed by atoms with E-state index in [0.29, 0.717) is 22.8 Å². The first-order chi connectivity index (χ1) is 14.8. The van der Waals surface area contributed by atoms with Gasteiger partial charge in [-0.1, -0.05) is 18.3 Å². The highest BCUT2D eigenvalue weighted by Crippen LogP contribution is 2.35. The van der Waals surface area contributed by atoms with Crippen molar-refractivity contribution in [2.45, 2.75) is 31.2 Å². The average Bonchev–Trinajstić information content (AvgIpc) is 3.10. The van der Waals surface area contributed by atoms with Gasteiger partial charge in [-0.3, -0.25) is 4.79 Å². The zero-order valence-electron chi connectivity index (χ0n) is 17.4. The summed E-state index contributed by atoms with van der Waals surface area (Å²) in [6, 6.07) is 8.10. The van der Waals surface area contributed by atoms with E-state index in [1.54, 1.807) is 26.4 Å². The lowest BCUT2D eigenvalue weighted by Gasteiger charge is -2.09. The third-order valence-corrected chi connectivity index (χ3v) is 7.44. The van der Waals surface area contributed by atoms with Crippen molar-refractivity contribution < 1.29 is 27.1 Å². The Bertz CT molecular complexity index is 1260. The molecule has 0 aliphatic heterocycles. The molecule has 0 saturated carbocycles. The highest BCUT2D eigenvalue weighted by Gasteiger charge is 2.18. The van der Waals surface area contributed by atoms with Crippen LogP contribution in [0.1, 0.15) is 19.8 Å². The molecule has 7 nitrogen and oxygen atoms in total. The highest BCUT2D eigenvalue weighted by atomic mass is 32.2. The summed E-state index contributed by atoms with van der Waals surface area (Å²) in [7, 11) is -0.592. The summed E-state index contributed by atoms with van der Waals surface area (Å²) in [6.45, 7) is 2.60. The number of hydrogen-bond acceptors (Lipinski definition) is 6. The Morgan fingerprint density at radius 2 is 1.74 bits per heavy atom. The summed E-state index contributed by atoms with van der Waals surface area (Å²) in [5.74, 6) is -0.223. The second-order valence-electron chi connectivity index (χ2n) is 6.71. The van der Waals surface area contributed by atoms with Crippen LogP contribution in [0.3, 0.4) is 0 Å². The van der Waals surface area contributed by atoms with Gasteiger partial charge in [-0.2, -0.15) is 4.99 Å². The molecule has 0 spiro atoms. The predicted octanol–water partition coefficient (Wildman–Crippen LogP) is 3.56. The first-order valence-corrected chi connectivity index (χ1v) is 12.1. The van der Waals surface area contributed by atoms with E-state index in [1.807, 2.05) is 11.5 Å². The largest absolute Gasteiger partial charge is 0.495 e. The first-order valence-electron chi connectivity index (χ1n) is 9.61. The van der Waals surface area contributed by atoms with Gasteiger partial charge in [0.05, 0.1) is 24.9 Å². The minimum atomic E-state index is -3.72. The van der Waals surface area contributed by atoms with Gasteiger partial charge in [0.15, 0.2) is 14.6 Å². The van der Waals surface area contributed by atoms with Gasteiger partial charge in [-0.15, -0.1) is 0 Å². The van der Waals surface area contributed by atoms with E-state index < -0.39 is 27.3 Å². The number of thiazole rings is 1. The first kappa shape index (κ1) is 23.0. The third-order valence-electron chi connectivity index (χ3n) is 4.62. The van der Waals surface area contributed by atoms with Gasteiger partial charge in [-0.25, -0.2) is 12.8 Å². The summed E-state index contributed by atoms with van der Waals surface area (Å²) in [5, 5.41) is 0. The molecule has 0 unspecified atom stereocenters. The fourth-order valence-corrected chi connectivity index (χ4v) is 5.53. The maximum absolute atomic E-state index is 13.0. The molecule has 1 heterocycles. The van der Waals surface area contributed by atoms with Crippen molar-refractivity contribution in [2.75, 3.05) is 20.0 Å². The van der Waals surface area contributed by atoms with Gasteiger partial charge in [-0.05, 0) is 42.8 Å². The van der Waals surface area contributed by atoms with Crippen LogP contribution in [0.4, 0.5) is 4.39 Å². The number of benzene rings is 2. The molecule has 0 atom stereocenters. The smallest absolute Gasteiger partial charge is 0.249 e. The number of carbonyl (C=O) groups excluding carboxylic acids is 1. The van der Waals surface area contributed by atoms with Crippen LogP contribution in [0, 0.1) is 5.82 Å². The molecule has 0 aliphatic carbocycles. The SMILES string of the molecule is CCCn1c(=NC(=O)CCS(=O)(=O)c2ccc(F)cc2)sc2c(OC)ccc(OC)c21. The summed E-state index contributed by atoms with van der Waals surface area (Å²) >= 11 is 1.28. The van der Waals surface area contributed by atoms with Crippen LogP contribution in [0.5, 0.6) is 11.5 Å². The molecule has 0 saturated heterocycles. The lowest BCUT2D eigenvalue weighted by Crippen LogP contribution is -2.18. The van der Waals surface area contributed by atoms with Gasteiger partial charge in [0.2, 0.25) is 5.91 Å². The normalized spacial score (nSPS) is 12.3. The van der Waals surface area contributed by atoms with Gasteiger partial charge in [0, 0.05) is 13.0 Å². The minimum absolute atomic E-state index is 0.0286. The Morgan fingerprint density at radius 3 is 2.35 bits per heavy atom. The molecular formula is C21H23FN2O5S2. The molecule has 1 amide bonds. The molecule has 166 valence electrons. The van der Waals surface area contributed by atoms with Crippen molar-refractivity contribution in [2.24, 2.45) is 4.99 Å². The molecule has 0 bridgehead atoms. The second kappa shape index (κ2) is 9.61. The summed E-state index contributed by atoms with van der Waals surface area (Å²) in [6.07, 6.45) is 0.515. The number of methoxy groups -OCH3 is 2. The number of fused-ring (bicyclic) bond motifs is 1. The van der Waals surface area contributed by atoms with E-state index >= 15 is 0 Å². The summed E-state index contributed by atoms with van der Waals surface area (Å²) in [5.41, 5.74) is 0.777. The topological polar surface area (TPSA) is 87.0 Å². The molecule has 0 radical (unpaired) electrons. The molecule has 31 heavy (non-hydrogen) atoms. The van der Waals surface area contributed by atoms with E-state index in [4.69, 9.17) is 9.47 Å². The number of halogens is 1. The van der Waals surface area contributed by atoms with Crippen molar-refractivity contribution >= 4 is 37.3 Å². The molecule has 2 aromatic carbocycles. The van der Waals surface area contributed by atoms with Crippen LogP contribution >= 0.6 is 11.3 Å². The Balaban J connectivity index is 1.95. The maximum atomic E-state index is 13.0.